The van der Waals surface area contributed by atoms with Crippen LogP contribution < -0.4 is 20.2 Å². The molecule has 0 radical (unpaired) electrons. The lowest BCUT2D eigenvalue weighted by Gasteiger charge is -2.17. The smallest absolute Gasteiger partial charge is 0.407 e. The second-order valence-electron chi connectivity index (χ2n) is 6.92. The zero-order valence-corrected chi connectivity index (χ0v) is 18.3. The quantitative estimate of drug-likeness (QED) is 0.448. The van der Waals surface area contributed by atoms with Crippen molar-refractivity contribution >= 4 is 18.2 Å². The van der Waals surface area contributed by atoms with Crippen LogP contribution in [0.15, 0.2) is 53.6 Å². The first-order chi connectivity index (χ1) is 14.9. The second-order valence-corrected chi connectivity index (χ2v) is 6.92. The Morgan fingerprint density at radius 3 is 2.48 bits per heavy atom. The molecule has 2 aromatic rings. The number of methoxy groups -OCH3 is 1. The molecule has 0 saturated heterocycles. The van der Waals surface area contributed by atoms with E-state index in [-0.39, 0.29) is 12.7 Å². The van der Waals surface area contributed by atoms with Crippen LogP contribution in [-0.2, 0) is 16.0 Å². The Kier molecular flexibility index (Phi) is 9.35. The van der Waals surface area contributed by atoms with Gasteiger partial charge in [0.25, 0.3) is 5.91 Å². The van der Waals surface area contributed by atoms with Crippen molar-refractivity contribution in [3.8, 4) is 11.5 Å². The van der Waals surface area contributed by atoms with Crippen LogP contribution in [0.3, 0.4) is 0 Å². The number of hydrazone groups is 1. The Labute approximate surface area is 182 Å². The Morgan fingerprint density at radius 1 is 1.10 bits per heavy atom. The molecule has 0 saturated carbocycles. The minimum atomic E-state index is -0.838. The van der Waals surface area contributed by atoms with Crippen molar-refractivity contribution in [3.63, 3.8) is 0 Å². The molecule has 2 N–H and O–H groups in total. The maximum Gasteiger partial charge on any atom is 0.407 e. The molecule has 0 aliphatic heterocycles. The number of amides is 2. The molecule has 0 aromatic heterocycles. The van der Waals surface area contributed by atoms with Gasteiger partial charge in [0, 0.05) is 6.42 Å². The van der Waals surface area contributed by atoms with Gasteiger partial charge < -0.3 is 19.5 Å². The molecule has 2 amide bonds. The molecule has 0 aliphatic carbocycles. The Balaban J connectivity index is 2.06. The summed E-state index contributed by atoms with van der Waals surface area (Å²) < 4.78 is 15.9. The van der Waals surface area contributed by atoms with Gasteiger partial charge in [-0.05, 0) is 50.1 Å². The van der Waals surface area contributed by atoms with E-state index in [4.69, 9.17) is 14.2 Å². The van der Waals surface area contributed by atoms with Crippen molar-refractivity contribution in [3.05, 3.63) is 59.7 Å². The first-order valence-corrected chi connectivity index (χ1v) is 10.1. The van der Waals surface area contributed by atoms with E-state index in [1.165, 1.54) is 6.21 Å². The topological polar surface area (TPSA) is 98.2 Å². The summed E-state index contributed by atoms with van der Waals surface area (Å²) in [7, 11) is 1.56. The number of carbonyl (C=O) groups is 2. The highest BCUT2D eigenvalue weighted by molar-refractivity contribution is 5.87. The molecule has 2 rings (SSSR count). The van der Waals surface area contributed by atoms with Crippen LogP contribution in [0.4, 0.5) is 4.79 Å². The fourth-order valence-corrected chi connectivity index (χ4v) is 2.74. The van der Waals surface area contributed by atoms with E-state index in [0.717, 1.165) is 5.56 Å². The fraction of sp³-hybridized carbons (Fsp3) is 0.348. The summed E-state index contributed by atoms with van der Waals surface area (Å²) in [6.45, 7) is 5.77. The van der Waals surface area contributed by atoms with E-state index >= 15 is 0 Å². The predicted molar refractivity (Wildman–Crippen MR) is 119 cm³/mol. The maximum absolute atomic E-state index is 12.6. The predicted octanol–water partition coefficient (Wildman–Crippen LogP) is 3.29. The van der Waals surface area contributed by atoms with Crippen molar-refractivity contribution in [2.75, 3.05) is 13.7 Å². The van der Waals surface area contributed by atoms with Crippen LogP contribution in [0.2, 0.25) is 0 Å². The van der Waals surface area contributed by atoms with Gasteiger partial charge >= 0.3 is 6.09 Å². The molecule has 31 heavy (non-hydrogen) atoms. The van der Waals surface area contributed by atoms with Crippen molar-refractivity contribution in [1.29, 1.82) is 0 Å². The third-order valence-corrected chi connectivity index (χ3v) is 4.11. The van der Waals surface area contributed by atoms with Gasteiger partial charge in [-0.15, -0.1) is 0 Å². The van der Waals surface area contributed by atoms with Gasteiger partial charge in [-0.3, -0.25) is 4.79 Å². The molecule has 1 atom stereocenters. The highest BCUT2D eigenvalue weighted by Crippen LogP contribution is 2.28. The molecule has 0 fully saturated rings. The van der Waals surface area contributed by atoms with Crippen LogP contribution in [0.1, 0.15) is 31.9 Å². The lowest BCUT2D eigenvalue weighted by atomic mass is 10.1. The average molecular weight is 428 g/mol. The molecule has 8 heteroatoms. The molecule has 2 aromatic carbocycles. The third kappa shape index (κ3) is 8.00. The number of benzene rings is 2. The van der Waals surface area contributed by atoms with Gasteiger partial charge in [-0.1, -0.05) is 30.3 Å². The third-order valence-electron chi connectivity index (χ3n) is 4.11. The summed E-state index contributed by atoms with van der Waals surface area (Å²) in [5.74, 6) is 0.732. The van der Waals surface area contributed by atoms with Gasteiger partial charge in [0.2, 0.25) is 0 Å². The van der Waals surface area contributed by atoms with Gasteiger partial charge in [0.15, 0.2) is 11.5 Å². The van der Waals surface area contributed by atoms with Crippen molar-refractivity contribution < 1.29 is 23.8 Å². The maximum atomic E-state index is 12.6. The Hall–Kier alpha value is -3.55. The van der Waals surface area contributed by atoms with Gasteiger partial charge in [-0.2, -0.15) is 5.10 Å². The van der Waals surface area contributed by atoms with Gasteiger partial charge in [0.05, 0.1) is 26.0 Å². The Morgan fingerprint density at radius 2 is 1.84 bits per heavy atom. The minimum absolute atomic E-state index is 0.0150. The molecule has 0 aliphatic rings. The largest absolute Gasteiger partial charge is 0.493 e. The fourth-order valence-electron chi connectivity index (χ4n) is 2.74. The molecule has 0 heterocycles. The monoisotopic (exact) mass is 427 g/mol. The van der Waals surface area contributed by atoms with E-state index in [9.17, 15) is 9.59 Å². The van der Waals surface area contributed by atoms with E-state index in [2.05, 4.69) is 15.8 Å². The average Bonchev–Trinajstić information content (AvgIpc) is 2.74. The molecule has 8 nitrogen and oxygen atoms in total. The minimum Gasteiger partial charge on any atom is -0.493 e. The van der Waals surface area contributed by atoms with Crippen LogP contribution in [0.25, 0.3) is 0 Å². The Bertz CT molecular complexity index is 884. The number of rotatable bonds is 10. The van der Waals surface area contributed by atoms with E-state index < -0.39 is 18.0 Å². The van der Waals surface area contributed by atoms with E-state index in [1.54, 1.807) is 32.2 Å². The lowest BCUT2D eigenvalue weighted by molar-refractivity contribution is -0.123. The van der Waals surface area contributed by atoms with Crippen LogP contribution in [0, 0.1) is 0 Å². The zero-order chi connectivity index (χ0) is 22.6. The molecule has 0 spiro atoms. The summed E-state index contributed by atoms with van der Waals surface area (Å²) in [4.78, 5) is 24.5. The molecular weight excluding hydrogens is 398 g/mol. The molecular formula is C23H29N3O5. The van der Waals surface area contributed by atoms with E-state index in [0.29, 0.717) is 23.5 Å². The number of alkyl carbamates (subject to hydrolysis) is 1. The number of ether oxygens (including phenoxy) is 3. The SMILES string of the molecule is CCOC(=O)N[C@H](Cc1ccccc1)C(=O)N/N=C\c1ccc(OC(C)C)c(OC)c1. The first kappa shape index (κ1) is 23.7. The summed E-state index contributed by atoms with van der Waals surface area (Å²) in [5.41, 5.74) is 4.08. The first-order valence-electron chi connectivity index (χ1n) is 10.1. The van der Waals surface area contributed by atoms with Crippen LogP contribution >= 0.6 is 0 Å². The normalized spacial score (nSPS) is 11.8. The highest BCUT2D eigenvalue weighted by Gasteiger charge is 2.21. The van der Waals surface area contributed by atoms with Gasteiger partial charge in [-0.25, -0.2) is 10.2 Å². The standard InChI is InChI=1S/C23H29N3O5/c1-5-30-23(28)25-19(13-17-9-7-6-8-10-17)22(27)26-24-15-18-11-12-20(31-16(2)3)21(14-18)29-4/h6-12,14-16,19H,5,13H2,1-4H3,(H,25,28)(H,26,27)/b24-15-/t19-/m1/s1. The molecule has 166 valence electrons. The van der Waals surface area contributed by atoms with Crippen LogP contribution in [-0.4, -0.2) is 44.1 Å². The van der Waals surface area contributed by atoms with Crippen molar-refractivity contribution in [2.24, 2.45) is 5.10 Å². The number of hydrogen-bond acceptors (Lipinski definition) is 6. The van der Waals surface area contributed by atoms with E-state index in [1.807, 2.05) is 44.2 Å². The highest BCUT2D eigenvalue weighted by atomic mass is 16.5. The summed E-state index contributed by atoms with van der Waals surface area (Å²) in [5, 5.41) is 6.59. The second kappa shape index (κ2) is 12.2. The molecule has 0 unspecified atom stereocenters. The number of carbonyl (C=O) groups excluding carboxylic acids is 2. The van der Waals surface area contributed by atoms with Crippen LogP contribution in [0.5, 0.6) is 11.5 Å². The number of hydrogen-bond donors (Lipinski definition) is 2. The van der Waals surface area contributed by atoms with Crippen molar-refractivity contribution in [1.82, 2.24) is 10.7 Å². The lowest BCUT2D eigenvalue weighted by Crippen LogP contribution is -2.47. The van der Waals surface area contributed by atoms with Gasteiger partial charge in [0.1, 0.15) is 6.04 Å². The summed E-state index contributed by atoms with van der Waals surface area (Å²) >= 11 is 0. The number of nitrogens with zero attached hydrogens (tertiary/aromatic N) is 1. The summed E-state index contributed by atoms with van der Waals surface area (Å²) in [6, 6.07) is 13.9. The summed E-state index contributed by atoms with van der Waals surface area (Å²) in [6.07, 6.45) is 1.15. The number of nitrogens with one attached hydrogen (secondary N) is 2. The zero-order valence-electron chi connectivity index (χ0n) is 18.3. The molecule has 0 bridgehead atoms. The van der Waals surface area contributed by atoms with Crippen molar-refractivity contribution in [2.45, 2.75) is 39.3 Å².